The highest BCUT2D eigenvalue weighted by atomic mass is 32.2. The normalized spacial score (nSPS) is 19.9. The van der Waals surface area contributed by atoms with E-state index in [-0.39, 0.29) is 11.4 Å². The summed E-state index contributed by atoms with van der Waals surface area (Å²) in [6, 6.07) is 5.24. The molecule has 0 radical (unpaired) electrons. The van der Waals surface area contributed by atoms with E-state index in [2.05, 4.69) is 5.32 Å². The van der Waals surface area contributed by atoms with Crippen LogP contribution in [-0.4, -0.2) is 22.5 Å². The Balaban J connectivity index is 2.06. The minimum Gasteiger partial charge on any atom is -0.393 e. The number of nitrogens with two attached hydrogens (primary N) is 1. The molecule has 1 aromatic rings. The summed E-state index contributed by atoms with van der Waals surface area (Å²) in [5.74, 6) is 2.30. The summed E-state index contributed by atoms with van der Waals surface area (Å²) in [5, 5.41) is 14.0. The van der Waals surface area contributed by atoms with E-state index in [0.717, 1.165) is 17.9 Å². The van der Waals surface area contributed by atoms with Crippen LogP contribution < -0.4 is 11.1 Å². The zero-order chi connectivity index (χ0) is 12.3. The van der Waals surface area contributed by atoms with Crippen molar-refractivity contribution in [1.29, 1.82) is 0 Å². The number of thioether (sulfide) groups is 1. The lowest BCUT2D eigenvalue weighted by atomic mass is 10.1. The molecule has 0 aliphatic carbocycles. The minimum absolute atomic E-state index is 0.0337. The topological polar surface area (TPSA) is 81.2 Å². The molecule has 6 heteroatoms. The van der Waals surface area contributed by atoms with Crippen LogP contribution in [0.4, 0.5) is 17.1 Å². The Hall–Kier alpha value is -1.43. The molecule has 2 rings (SSSR count). The highest BCUT2D eigenvalue weighted by Gasteiger charge is 2.15. The van der Waals surface area contributed by atoms with Gasteiger partial charge in [0.1, 0.15) is 5.69 Å². The summed E-state index contributed by atoms with van der Waals surface area (Å²) in [6.45, 7) is 0. The second kappa shape index (κ2) is 5.27. The molecule has 1 unspecified atom stereocenters. The summed E-state index contributed by atoms with van der Waals surface area (Å²) in [5.41, 5.74) is 6.68. The number of benzene rings is 1. The monoisotopic (exact) mass is 253 g/mol. The van der Waals surface area contributed by atoms with Crippen LogP contribution in [0, 0.1) is 10.1 Å². The second-order valence-corrected chi connectivity index (χ2v) is 5.24. The first-order valence-corrected chi connectivity index (χ1v) is 6.70. The molecule has 1 aliphatic heterocycles. The minimum atomic E-state index is -0.463. The number of hydrogen-bond donors (Lipinski definition) is 2. The van der Waals surface area contributed by atoms with Gasteiger partial charge >= 0.3 is 0 Å². The van der Waals surface area contributed by atoms with Gasteiger partial charge in [0.2, 0.25) is 0 Å². The Kier molecular flexibility index (Phi) is 3.73. The van der Waals surface area contributed by atoms with Crippen molar-refractivity contribution in [3.05, 3.63) is 28.3 Å². The maximum absolute atomic E-state index is 10.6. The Labute approximate surface area is 104 Å². The molecule has 0 bridgehead atoms. The third-order valence-electron chi connectivity index (χ3n) is 2.76. The molecule has 1 fully saturated rings. The van der Waals surface area contributed by atoms with Crippen molar-refractivity contribution in [1.82, 2.24) is 0 Å². The molecule has 92 valence electrons. The maximum atomic E-state index is 10.6. The second-order valence-electron chi connectivity index (χ2n) is 4.09. The van der Waals surface area contributed by atoms with E-state index in [1.807, 2.05) is 11.8 Å². The molecule has 1 aromatic carbocycles. The zero-order valence-electron chi connectivity index (χ0n) is 9.39. The van der Waals surface area contributed by atoms with Crippen molar-refractivity contribution >= 4 is 28.8 Å². The van der Waals surface area contributed by atoms with Gasteiger partial charge in [-0.1, -0.05) is 0 Å². The lowest BCUT2D eigenvalue weighted by Gasteiger charge is -2.23. The molecule has 1 atom stereocenters. The van der Waals surface area contributed by atoms with Gasteiger partial charge in [0.05, 0.1) is 4.92 Å². The predicted octanol–water partition coefficient (Wildman–Crippen LogP) is 2.48. The summed E-state index contributed by atoms with van der Waals surface area (Å²) in [6.07, 6.45) is 2.36. The first-order chi connectivity index (χ1) is 8.16. The van der Waals surface area contributed by atoms with Gasteiger partial charge < -0.3 is 11.1 Å². The SMILES string of the molecule is Nc1cc(NC2CCCSC2)ccc1[N+](=O)[O-]. The standard InChI is InChI=1S/C11H15N3O2S/c12-10-6-8(3-4-11(10)14(15)16)13-9-2-1-5-17-7-9/h3-4,6,9,13H,1-2,5,7,12H2. The molecule has 5 nitrogen and oxygen atoms in total. The number of nitro benzene ring substituents is 1. The number of anilines is 2. The average molecular weight is 253 g/mol. The summed E-state index contributed by atoms with van der Waals surface area (Å²) in [7, 11) is 0. The molecular formula is C11H15N3O2S. The van der Waals surface area contributed by atoms with E-state index >= 15 is 0 Å². The van der Waals surface area contributed by atoms with Crippen LogP contribution >= 0.6 is 11.8 Å². The van der Waals surface area contributed by atoms with Gasteiger partial charge in [-0.15, -0.1) is 0 Å². The first-order valence-electron chi connectivity index (χ1n) is 5.55. The molecule has 1 heterocycles. The maximum Gasteiger partial charge on any atom is 0.292 e. The Bertz CT molecular complexity index is 419. The summed E-state index contributed by atoms with van der Waals surface area (Å²) >= 11 is 1.93. The van der Waals surface area contributed by atoms with Crippen molar-refractivity contribution < 1.29 is 4.92 Å². The molecular weight excluding hydrogens is 238 g/mol. The predicted molar refractivity (Wildman–Crippen MR) is 71.5 cm³/mol. The van der Waals surface area contributed by atoms with E-state index in [9.17, 15) is 10.1 Å². The number of nitro groups is 1. The van der Waals surface area contributed by atoms with Gasteiger partial charge in [-0.2, -0.15) is 11.8 Å². The van der Waals surface area contributed by atoms with Crippen molar-refractivity contribution in [3.63, 3.8) is 0 Å². The van der Waals surface area contributed by atoms with Gasteiger partial charge in [-0.05, 0) is 30.7 Å². The molecule has 1 aliphatic rings. The Morgan fingerprint density at radius 1 is 1.53 bits per heavy atom. The molecule has 17 heavy (non-hydrogen) atoms. The number of nitrogens with one attached hydrogen (secondary N) is 1. The number of nitrogens with zero attached hydrogens (tertiary/aromatic N) is 1. The lowest BCUT2D eigenvalue weighted by molar-refractivity contribution is -0.383. The van der Waals surface area contributed by atoms with Crippen molar-refractivity contribution in [2.45, 2.75) is 18.9 Å². The van der Waals surface area contributed by atoms with Crippen LogP contribution in [0.1, 0.15) is 12.8 Å². The zero-order valence-corrected chi connectivity index (χ0v) is 10.2. The van der Waals surface area contributed by atoms with Crippen LogP contribution in [0.3, 0.4) is 0 Å². The van der Waals surface area contributed by atoms with Crippen LogP contribution in [0.15, 0.2) is 18.2 Å². The van der Waals surface area contributed by atoms with Crippen LogP contribution in [-0.2, 0) is 0 Å². The largest absolute Gasteiger partial charge is 0.393 e. The Morgan fingerprint density at radius 3 is 2.94 bits per heavy atom. The van der Waals surface area contributed by atoms with Crippen molar-refractivity contribution in [3.8, 4) is 0 Å². The highest BCUT2D eigenvalue weighted by molar-refractivity contribution is 7.99. The number of nitrogen functional groups attached to an aromatic ring is 1. The third kappa shape index (κ3) is 3.03. The van der Waals surface area contributed by atoms with Gasteiger partial charge in [0.25, 0.3) is 5.69 Å². The van der Waals surface area contributed by atoms with Gasteiger partial charge in [-0.25, -0.2) is 0 Å². The van der Waals surface area contributed by atoms with Gasteiger partial charge in [-0.3, -0.25) is 10.1 Å². The van der Waals surface area contributed by atoms with E-state index in [1.165, 1.54) is 18.2 Å². The van der Waals surface area contributed by atoms with E-state index in [1.54, 1.807) is 12.1 Å². The lowest BCUT2D eigenvalue weighted by Crippen LogP contribution is -2.25. The van der Waals surface area contributed by atoms with Crippen molar-refractivity contribution in [2.75, 3.05) is 22.6 Å². The number of rotatable bonds is 3. The van der Waals surface area contributed by atoms with E-state index in [4.69, 9.17) is 5.73 Å². The quantitative estimate of drug-likeness (QED) is 0.491. The van der Waals surface area contributed by atoms with Crippen molar-refractivity contribution in [2.24, 2.45) is 0 Å². The fourth-order valence-electron chi connectivity index (χ4n) is 1.90. The Morgan fingerprint density at radius 2 is 2.35 bits per heavy atom. The van der Waals surface area contributed by atoms with Crippen LogP contribution in [0.25, 0.3) is 0 Å². The van der Waals surface area contributed by atoms with E-state index in [0.29, 0.717) is 6.04 Å². The summed E-state index contributed by atoms with van der Waals surface area (Å²) < 4.78 is 0. The van der Waals surface area contributed by atoms with Gasteiger partial charge in [0.15, 0.2) is 0 Å². The van der Waals surface area contributed by atoms with Gasteiger partial charge in [0, 0.05) is 23.5 Å². The molecule has 0 saturated carbocycles. The first kappa shape index (κ1) is 12.0. The third-order valence-corrected chi connectivity index (χ3v) is 3.97. The molecule has 0 aromatic heterocycles. The molecule has 0 spiro atoms. The number of hydrogen-bond acceptors (Lipinski definition) is 5. The average Bonchev–Trinajstić information content (AvgIpc) is 2.30. The van der Waals surface area contributed by atoms with Crippen LogP contribution in [0.2, 0.25) is 0 Å². The fourth-order valence-corrected chi connectivity index (χ4v) is 2.97. The fraction of sp³-hybridized carbons (Fsp3) is 0.455. The molecule has 0 amide bonds. The van der Waals surface area contributed by atoms with Crippen LogP contribution in [0.5, 0.6) is 0 Å². The molecule has 3 N–H and O–H groups in total. The smallest absolute Gasteiger partial charge is 0.292 e. The molecule has 1 saturated heterocycles. The van der Waals surface area contributed by atoms with E-state index < -0.39 is 4.92 Å². The highest BCUT2D eigenvalue weighted by Crippen LogP contribution is 2.27. The summed E-state index contributed by atoms with van der Waals surface area (Å²) in [4.78, 5) is 10.2.